The third-order valence-electron chi connectivity index (χ3n) is 2.10. The first kappa shape index (κ1) is 11.8. The number of nitrogens with one attached hydrogen (secondary N) is 1. The number of allylic oxidation sites excluding steroid dienone is 1. The van der Waals surface area contributed by atoms with E-state index in [0.29, 0.717) is 0 Å². The monoisotopic (exact) mass is 205 g/mol. The van der Waals surface area contributed by atoms with Crippen LogP contribution in [0, 0.1) is 0 Å². The molecule has 2 heteroatoms. The lowest BCUT2D eigenvalue weighted by molar-refractivity contribution is -0.0140. The average molecular weight is 205 g/mol. The van der Waals surface area contributed by atoms with Crippen LogP contribution in [0.15, 0.2) is 42.6 Å². The molecular formula is C13H19NO. The van der Waals surface area contributed by atoms with E-state index >= 15 is 0 Å². The van der Waals surface area contributed by atoms with Crippen LogP contribution in [0.5, 0.6) is 0 Å². The van der Waals surface area contributed by atoms with Gasteiger partial charge in [-0.25, -0.2) is 0 Å². The standard InChI is InChI=1S/C13H19NO/c1-4-8-13(15-14-11(2)3)12-9-6-5-7-10-12/h5-7,9-10,13-14H,2,4,8H2,1,3H3. The Morgan fingerprint density at radius 3 is 2.60 bits per heavy atom. The van der Waals surface area contributed by atoms with E-state index in [1.807, 2.05) is 25.1 Å². The summed E-state index contributed by atoms with van der Waals surface area (Å²) in [5.41, 5.74) is 4.86. The zero-order valence-corrected chi connectivity index (χ0v) is 9.49. The lowest BCUT2D eigenvalue weighted by Crippen LogP contribution is -2.16. The van der Waals surface area contributed by atoms with Gasteiger partial charge in [0.05, 0.1) is 0 Å². The van der Waals surface area contributed by atoms with Gasteiger partial charge in [0.15, 0.2) is 0 Å². The summed E-state index contributed by atoms with van der Waals surface area (Å²) in [6.07, 6.45) is 2.20. The smallest absolute Gasteiger partial charge is 0.110 e. The fraction of sp³-hybridized carbons (Fsp3) is 0.385. The average Bonchev–Trinajstić information content (AvgIpc) is 2.25. The Hall–Kier alpha value is -1.28. The first-order chi connectivity index (χ1) is 7.24. The predicted octanol–water partition coefficient (Wildman–Crippen LogP) is 3.58. The molecule has 0 aliphatic rings. The fourth-order valence-corrected chi connectivity index (χ4v) is 1.40. The van der Waals surface area contributed by atoms with Gasteiger partial charge in [-0.2, -0.15) is 0 Å². The molecule has 82 valence electrons. The Labute approximate surface area is 91.9 Å². The molecule has 15 heavy (non-hydrogen) atoms. The highest BCUT2D eigenvalue weighted by molar-refractivity contribution is 5.17. The molecule has 0 aliphatic heterocycles. The Morgan fingerprint density at radius 1 is 1.40 bits per heavy atom. The second-order valence-electron chi connectivity index (χ2n) is 3.69. The molecule has 1 atom stereocenters. The van der Waals surface area contributed by atoms with Crippen LogP contribution in [0.2, 0.25) is 0 Å². The Kier molecular flexibility index (Phi) is 4.91. The van der Waals surface area contributed by atoms with Crippen molar-refractivity contribution in [1.82, 2.24) is 5.48 Å². The fourth-order valence-electron chi connectivity index (χ4n) is 1.40. The highest BCUT2D eigenvalue weighted by atomic mass is 16.7. The Balaban J connectivity index is 2.61. The Morgan fingerprint density at radius 2 is 2.07 bits per heavy atom. The first-order valence-corrected chi connectivity index (χ1v) is 5.36. The molecule has 0 fully saturated rings. The summed E-state index contributed by atoms with van der Waals surface area (Å²) >= 11 is 0. The van der Waals surface area contributed by atoms with Gasteiger partial charge in [-0.05, 0) is 18.9 Å². The second kappa shape index (κ2) is 6.25. The van der Waals surface area contributed by atoms with Gasteiger partial charge in [0.1, 0.15) is 6.10 Å². The molecule has 0 spiro atoms. The third kappa shape index (κ3) is 4.17. The van der Waals surface area contributed by atoms with Crippen molar-refractivity contribution in [2.24, 2.45) is 0 Å². The summed E-state index contributed by atoms with van der Waals surface area (Å²) in [5.74, 6) is 0. The minimum Gasteiger partial charge on any atom is -0.271 e. The molecule has 2 nitrogen and oxygen atoms in total. The molecule has 0 aromatic heterocycles. The number of hydrogen-bond donors (Lipinski definition) is 1. The first-order valence-electron chi connectivity index (χ1n) is 5.36. The van der Waals surface area contributed by atoms with Crippen LogP contribution in [-0.4, -0.2) is 0 Å². The summed E-state index contributed by atoms with van der Waals surface area (Å²) in [4.78, 5) is 5.58. The molecule has 1 aromatic carbocycles. The summed E-state index contributed by atoms with van der Waals surface area (Å²) < 4.78 is 0. The molecule has 1 aromatic rings. The van der Waals surface area contributed by atoms with Crippen LogP contribution < -0.4 is 5.48 Å². The van der Waals surface area contributed by atoms with E-state index < -0.39 is 0 Å². The molecule has 1 rings (SSSR count). The van der Waals surface area contributed by atoms with Gasteiger partial charge >= 0.3 is 0 Å². The van der Waals surface area contributed by atoms with Crippen molar-refractivity contribution in [2.45, 2.75) is 32.8 Å². The maximum Gasteiger partial charge on any atom is 0.110 e. The summed E-state index contributed by atoms with van der Waals surface area (Å²) in [6.45, 7) is 7.78. The van der Waals surface area contributed by atoms with Crippen LogP contribution in [-0.2, 0) is 4.84 Å². The zero-order chi connectivity index (χ0) is 11.1. The number of hydroxylamine groups is 1. The van der Waals surface area contributed by atoms with Crippen LogP contribution >= 0.6 is 0 Å². The molecule has 0 bridgehead atoms. The molecule has 1 N–H and O–H groups in total. The van der Waals surface area contributed by atoms with E-state index in [9.17, 15) is 0 Å². The van der Waals surface area contributed by atoms with Crippen molar-refractivity contribution in [3.05, 3.63) is 48.2 Å². The number of hydrogen-bond acceptors (Lipinski definition) is 2. The van der Waals surface area contributed by atoms with Gasteiger partial charge in [-0.1, -0.05) is 50.3 Å². The highest BCUT2D eigenvalue weighted by Gasteiger charge is 2.10. The molecule has 0 radical (unpaired) electrons. The maximum atomic E-state index is 5.58. The lowest BCUT2D eigenvalue weighted by Gasteiger charge is -2.18. The van der Waals surface area contributed by atoms with Gasteiger partial charge in [0, 0.05) is 5.70 Å². The van der Waals surface area contributed by atoms with Crippen molar-refractivity contribution in [3.8, 4) is 0 Å². The van der Waals surface area contributed by atoms with Crippen molar-refractivity contribution in [1.29, 1.82) is 0 Å². The van der Waals surface area contributed by atoms with Crippen molar-refractivity contribution >= 4 is 0 Å². The minimum absolute atomic E-state index is 0.105. The van der Waals surface area contributed by atoms with E-state index in [4.69, 9.17) is 4.84 Å². The molecular weight excluding hydrogens is 186 g/mol. The summed E-state index contributed by atoms with van der Waals surface area (Å²) in [7, 11) is 0. The highest BCUT2D eigenvalue weighted by Crippen LogP contribution is 2.21. The maximum absolute atomic E-state index is 5.58. The van der Waals surface area contributed by atoms with E-state index in [-0.39, 0.29) is 6.10 Å². The molecule has 0 saturated heterocycles. The van der Waals surface area contributed by atoms with E-state index in [1.165, 1.54) is 5.56 Å². The van der Waals surface area contributed by atoms with Crippen LogP contribution in [0.1, 0.15) is 38.4 Å². The summed E-state index contributed by atoms with van der Waals surface area (Å²) in [5, 5.41) is 0. The molecule has 0 aliphatic carbocycles. The van der Waals surface area contributed by atoms with E-state index in [1.54, 1.807) is 0 Å². The minimum atomic E-state index is 0.105. The SMILES string of the molecule is C=C(C)NOC(CCC)c1ccccc1. The molecule has 1 unspecified atom stereocenters. The third-order valence-corrected chi connectivity index (χ3v) is 2.10. The van der Waals surface area contributed by atoms with Crippen LogP contribution in [0.25, 0.3) is 0 Å². The predicted molar refractivity (Wildman–Crippen MR) is 63.1 cm³/mol. The van der Waals surface area contributed by atoms with Crippen molar-refractivity contribution in [2.75, 3.05) is 0 Å². The lowest BCUT2D eigenvalue weighted by atomic mass is 10.1. The van der Waals surface area contributed by atoms with Crippen molar-refractivity contribution in [3.63, 3.8) is 0 Å². The molecule has 0 saturated carbocycles. The largest absolute Gasteiger partial charge is 0.271 e. The van der Waals surface area contributed by atoms with E-state index in [0.717, 1.165) is 18.5 Å². The van der Waals surface area contributed by atoms with Crippen molar-refractivity contribution < 1.29 is 4.84 Å². The van der Waals surface area contributed by atoms with Gasteiger partial charge < -0.3 is 0 Å². The zero-order valence-electron chi connectivity index (χ0n) is 9.49. The van der Waals surface area contributed by atoms with Crippen LogP contribution in [0.4, 0.5) is 0 Å². The van der Waals surface area contributed by atoms with Gasteiger partial charge in [0.25, 0.3) is 0 Å². The normalized spacial score (nSPS) is 12.1. The van der Waals surface area contributed by atoms with Gasteiger partial charge in [-0.3, -0.25) is 10.3 Å². The number of benzene rings is 1. The van der Waals surface area contributed by atoms with Gasteiger partial charge in [-0.15, -0.1) is 0 Å². The quantitative estimate of drug-likeness (QED) is 0.717. The summed E-state index contributed by atoms with van der Waals surface area (Å²) in [6, 6.07) is 10.2. The van der Waals surface area contributed by atoms with E-state index in [2.05, 4.69) is 31.1 Å². The molecule has 0 heterocycles. The Bertz CT molecular complexity index is 295. The topological polar surface area (TPSA) is 21.3 Å². The molecule has 0 amide bonds. The second-order valence-corrected chi connectivity index (χ2v) is 3.69. The number of rotatable bonds is 6. The van der Waals surface area contributed by atoms with Crippen LogP contribution in [0.3, 0.4) is 0 Å². The van der Waals surface area contributed by atoms with Gasteiger partial charge in [0.2, 0.25) is 0 Å².